The molecule has 55 heteroatoms. The molecule has 3 aliphatic rings. The summed E-state index contributed by atoms with van der Waals surface area (Å²) in [7, 11) is 0. The topological polar surface area (TPSA) is 855 Å². The summed E-state index contributed by atoms with van der Waals surface area (Å²) in [6.07, 6.45) is 0.647. The van der Waals surface area contributed by atoms with Crippen LogP contribution in [-0.4, -0.2) is 330 Å². The molecule has 3 aromatic rings. The van der Waals surface area contributed by atoms with Gasteiger partial charge in [0.2, 0.25) is 124 Å². The lowest BCUT2D eigenvalue weighted by Gasteiger charge is -2.32. The number of aliphatic carboxylic acids is 2. The fraction of sp³-hybridized carbons (Fsp3) is 0.617. The van der Waals surface area contributed by atoms with Crippen molar-refractivity contribution in [3.8, 4) is 0 Å². The van der Waals surface area contributed by atoms with Gasteiger partial charge in [-0.2, -0.15) is 11.8 Å². The molecular weight excluding hydrogens is 1970 g/mol. The second-order valence-electron chi connectivity index (χ2n) is 37.1. The quantitative estimate of drug-likeness (QED) is 0.0145. The highest BCUT2D eigenvalue weighted by Crippen LogP contribution is 2.25. The molecule has 5 heterocycles. The fourth-order valence-corrected chi connectivity index (χ4v) is 17.2. The number of rotatable bonds is 37. The molecule has 149 heavy (non-hydrogen) atoms. The van der Waals surface area contributed by atoms with E-state index in [0.717, 1.165) is 4.90 Å². The summed E-state index contributed by atoms with van der Waals surface area (Å²) in [4.78, 5) is 344. The minimum atomic E-state index is -2.13. The second-order valence-corrected chi connectivity index (χ2v) is 38.1. The highest BCUT2D eigenvalue weighted by atomic mass is 32.2. The van der Waals surface area contributed by atoms with E-state index in [2.05, 4.69) is 110 Å². The first-order valence-electron chi connectivity index (χ1n) is 49.7. The molecule has 3 saturated heterocycles. The summed E-state index contributed by atoms with van der Waals surface area (Å²) in [5.74, 6) is -27.4. The number of thioether (sulfide) groups is 1. The van der Waals surface area contributed by atoms with Gasteiger partial charge in [-0.15, -0.1) is 0 Å². The van der Waals surface area contributed by atoms with E-state index in [0.29, 0.717) is 12.0 Å². The average molecular weight is 2110 g/mol. The third kappa shape index (κ3) is 41.3. The summed E-state index contributed by atoms with van der Waals surface area (Å²) in [5.41, 5.74) is 29.1. The van der Waals surface area contributed by atoms with Gasteiger partial charge in [-0.05, 0) is 132 Å². The number of amides is 21. The molecule has 32 N–H and O–H groups in total. The van der Waals surface area contributed by atoms with Crippen LogP contribution in [0.1, 0.15) is 200 Å². The van der Waals surface area contributed by atoms with Crippen molar-refractivity contribution in [1.82, 2.24) is 120 Å². The Morgan fingerprint density at radius 2 is 0.779 bits per heavy atom. The molecule has 0 spiro atoms. The Labute approximate surface area is 864 Å². The largest absolute Gasteiger partial charge is 0.481 e. The highest BCUT2D eigenvalue weighted by molar-refractivity contribution is 7.98. The van der Waals surface area contributed by atoms with Crippen LogP contribution in [0.25, 0.3) is 0 Å². The molecule has 21 amide bonds. The maximum Gasteiger partial charge on any atom is 0.305 e. The van der Waals surface area contributed by atoms with Crippen molar-refractivity contribution < 1.29 is 120 Å². The van der Waals surface area contributed by atoms with E-state index < -0.39 is 334 Å². The zero-order valence-corrected chi connectivity index (χ0v) is 85.5. The van der Waals surface area contributed by atoms with Crippen LogP contribution in [0.15, 0.2) is 55.4 Å². The third-order valence-electron chi connectivity index (χ3n) is 25.7. The molecule has 3 aliphatic heterocycles. The third-order valence-corrected chi connectivity index (χ3v) is 26.4. The number of imidazole rings is 2. The van der Waals surface area contributed by atoms with E-state index in [-0.39, 0.29) is 133 Å². The van der Waals surface area contributed by atoms with Crippen LogP contribution in [0.5, 0.6) is 0 Å². The summed E-state index contributed by atoms with van der Waals surface area (Å²) in [5, 5.41) is 71.1. The number of carbonyl (C=O) groups is 23. The van der Waals surface area contributed by atoms with Crippen molar-refractivity contribution >= 4 is 154 Å². The van der Waals surface area contributed by atoms with Gasteiger partial charge < -0.3 is 149 Å². The Morgan fingerprint density at radius 3 is 1.21 bits per heavy atom. The van der Waals surface area contributed by atoms with Crippen molar-refractivity contribution in [1.29, 1.82) is 5.41 Å². The van der Waals surface area contributed by atoms with Gasteiger partial charge in [0.15, 0.2) is 5.96 Å². The fourth-order valence-electron chi connectivity index (χ4n) is 16.7. The van der Waals surface area contributed by atoms with Crippen LogP contribution in [-0.2, 0) is 130 Å². The number of guanidine groups is 1. The molecule has 0 radical (unpaired) electrons. The van der Waals surface area contributed by atoms with Gasteiger partial charge in [-0.1, -0.05) is 91.1 Å². The number of nitrogens with two attached hydrogens (primary N) is 5. The second kappa shape index (κ2) is 62.9. The molecule has 1 unspecified atom stereocenters. The molecule has 2 aromatic heterocycles. The zero-order valence-electron chi connectivity index (χ0n) is 84.7. The van der Waals surface area contributed by atoms with E-state index in [1.165, 1.54) is 48.6 Å². The number of benzene rings is 1. The zero-order chi connectivity index (χ0) is 110. The van der Waals surface area contributed by atoms with E-state index in [9.17, 15) is 91.7 Å². The first-order valence-corrected chi connectivity index (χ1v) is 51.1. The Bertz CT molecular complexity index is 5120. The molecule has 3 fully saturated rings. The highest BCUT2D eigenvalue weighted by Gasteiger charge is 2.46. The van der Waals surface area contributed by atoms with Crippen LogP contribution in [0.3, 0.4) is 0 Å². The summed E-state index contributed by atoms with van der Waals surface area (Å²) < 4.78 is 0. The first-order chi connectivity index (χ1) is 70.8. The predicted octanol–water partition coefficient (Wildman–Crippen LogP) is -7.40. The van der Waals surface area contributed by atoms with Gasteiger partial charge >= 0.3 is 11.9 Å². The SMILES string of the molecule is CC[C@H](C)[C@@H]1NC(=O)[C@H](Cc2cnc[nH]2)NC(=O)[C@H](CCC(N)=O)NC(=O)CNC(=O)[C@H](CCC(N)=O)NC(=O)[C@H](Cc2cnc[nH]2)NC(=O)C2CCCN2C(=O)[C@H](CCCCN)NC(=O)[C@H]([C@@H](C)CC)NC(=O)[C@H](CCCNC(=N)N)NC(=O)[C@H](CCSC)NC(=O)[C@H]([C@@H](C)CC)NC(=O)[C@H](CCC(N)=O)NC(=O)[C@@H]2CCCN2C(=O)[C@H](Cc2ccccc2)NC(=O)[C@H](CC(=O)O)NC(=O)[C@H](CCC(=O)O)NC(=O)CNC1=O. The predicted molar refractivity (Wildman–Crippen MR) is 535 cm³/mol. The van der Waals surface area contributed by atoms with Crippen LogP contribution in [0.4, 0.5) is 0 Å². The van der Waals surface area contributed by atoms with Gasteiger partial charge in [0.25, 0.3) is 0 Å². The molecule has 0 saturated carbocycles. The average Bonchev–Trinajstić information content (AvgIpc) is 1.71. The van der Waals surface area contributed by atoms with Crippen molar-refractivity contribution in [2.45, 2.75) is 299 Å². The molecule has 19 atom stereocenters. The number of hydrogen-bond acceptors (Lipinski definition) is 28. The number of aromatic nitrogens is 4. The number of H-pyrrole nitrogens is 2. The number of aromatic amines is 2. The van der Waals surface area contributed by atoms with E-state index >= 15 is 28.8 Å². The monoisotopic (exact) mass is 2110 g/mol. The number of carbonyl (C=O) groups excluding carboxylic acids is 21. The Morgan fingerprint density at radius 1 is 0.416 bits per heavy atom. The van der Waals surface area contributed by atoms with Crippen LogP contribution in [0.2, 0.25) is 0 Å². The number of primary amides is 3. The maximum absolute atomic E-state index is 15.3. The normalized spacial score (nSPS) is 24.9. The first kappa shape index (κ1) is 123. The van der Waals surface area contributed by atoms with Crippen molar-refractivity contribution in [2.24, 2.45) is 46.4 Å². The Kier molecular flexibility index (Phi) is 51.8. The number of nitrogens with zero attached hydrogens (tertiary/aromatic N) is 4. The van der Waals surface area contributed by atoms with Crippen LogP contribution in [0, 0.1) is 23.2 Å². The van der Waals surface area contributed by atoms with Gasteiger partial charge in [0, 0.05) is 88.4 Å². The lowest BCUT2D eigenvalue weighted by molar-refractivity contribution is -0.144. The van der Waals surface area contributed by atoms with E-state index in [1.807, 2.05) is 0 Å². The molecule has 54 nitrogen and oxygen atoms in total. The number of hydrogen-bond donors (Lipinski definition) is 27. The van der Waals surface area contributed by atoms with Gasteiger partial charge in [0.05, 0.1) is 32.2 Å². The summed E-state index contributed by atoms with van der Waals surface area (Å²) in [6, 6.07) is -18.2. The van der Waals surface area contributed by atoms with Gasteiger partial charge in [-0.3, -0.25) is 116 Å². The molecule has 0 aliphatic carbocycles. The van der Waals surface area contributed by atoms with E-state index in [1.54, 1.807) is 71.2 Å². The van der Waals surface area contributed by atoms with Gasteiger partial charge in [-0.25, -0.2) is 9.97 Å². The number of carboxylic acids is 2. The number of carboxylic acid groups (broad SMARTS) is 2. The minimum absolute atomic E-state index is 0.00420. The molecule has 822 valence electrons. The van der Waals surface area contributed by atoms with Crippen molar-refractivity contribution in [3.05, 3.63) is 72.3 Å². The standard InChI is InChI=1S/C94H145N29O25S/c1-8-49(4)75-89(144)105-46-72(128)109-58(28-32-73(129)130)80(135)116-64(42-74(131)132)85(140)118-65(39-52-19-12-11-13-20-52)93(148)123-37-18-23-66(123)87(142)112-59(27-31-70(98)126)83(138)121-76(50(5)9-2)90(145)113-60(33-38-149-7)81(136)110-55(22-16-35-103-94(99)100)82(137)120-77(51(6)10-3)91(146)114-61(21-14-15-34-95)92(147)122-36-17-24-67(122)88(143)117-62(40-53-43-101-47-106-53)84(139)111-56(25-29-68(96)124)78(133)104-45-71(127)108-57(26-30-69(97)125)79(134)115-63(86(141)119-75)41-54-44-102-48-107-54/h11-13,19-20,43-44,47-51,55-67,75-77H,8-10,14-18,21-42,45-46,95H2,1-7H3,(H2,96,124)(H2,97,125)(H2,98,126)(H,101,106)(H,102,107)(H,104,133)(H,105,144)(H,108,127)(H,109,128)(H,110,136)(H,111,139)(H,112,142)(H,113,145)(H,114,146)(H,115,134)(H,116,135)(H,117,143)(H,118,140)(H,119,141)(H,120,137)(H,121,138)(H,129,130)(H,131,132)(H4,99,100,103)/t49-,50-,51-,55-,56-,57-,58-,59-,60-,61-,62-,63-,64-,65-,66-,67?,75-,76-,77-/m0/s1. The summed E-state index contributed by atoms with van der Waals surface area (Å²) in [6.45, 7) is 7.63. The molecule has 1 aromatic carbocycles. The lowest BCUT2D eigenvalue weighted by atomic mass is 9.96. The number of fused-ring (bicyclic) bond motifs is 2. The van der Waals surface area contributed by atoms with Crippen LogP contribution < -0.4 is 119 Å². The Hall–Kier alpha value is -15.0. The Balaban J connectivity index is 1.44. The molecule has 6 rings (SSSR count). The van der Waals surface area contributed by atoms with Crippen LogP contribution >= 0.6 is 11.8 Å². The number of nitrogens with one attached hydrogen (secondary N) is 20. The molecule has 0 bridgehead atoms. The summed E-state index contributed by atoms with van der Waals surface area (Å²) >= 11 is 1.27. The number of unbranched alkanes of at least 4 members (excludes halogenated alkanes) is 1. The van der Waals surface area contributed by atoms with Crippen molar-refractivity contribution in [3.63, 3.8) is 0 Å². The van der Waals surface area contributed by atoms with Gasteiger partial charge in [0.1, 0.15) is 96.7 Å². The minimum Gasteiger partial charge on any atom is -0.481 e. The van der Waals surface area contributed by atoms with Crippen molar-refractivity contribution in [2.75, 3.05) is 51.3 Å². The molecular formula is C94H145N29O25S. The maximum atomic E-state index is 15.3. The van der Waals surface area contributed by atoms with E-state index in [4.69, 9.17) is 34.1 Å². The lowest BCUT2D eigenvalue weighted by Crippen LogP contribution is -2.62. The smallest absolute Gasteiger partial charge is 0.305 e.